The topological polar surface area (TPSA) is 26.0 Å². The molecule has 0 bridgehead atoms. The monoisotopic (exact) mass is 207 g/mol. The van der Waals surface area contributed by atoms with Crippen molar-refractivity contribution in [3.05, 3.63) is 35.1 Å². The second kappa shape index (κ2) is 3.57. The lowest BCUT2D eigenvalue weighted by Gasteiger charge is -2.19. The summed E-state index contributed by atoms with van der Waals surface area (Å²) in [6.45, 7) is 0.498. The standard InChI is InChI=1S/C9H9F4N/c1-9(13,4-14)5-2-3-6(10)8(12)7(5)11/h2-3H,4,14H2,1H3. The highest BCUT2D eigenvalue weighted by atomic mass is 19.2. The highest BCUT2D eigenvalue weighted by Gasteiger charge is 2.30. The Labute approximate surface area is 78.5 Å². The Kier molecular flexibility index (Phi) is 2.80. The van der Waals surface area contributed by atoms with E-state index in [9.17, 15) is 17.6 Å². The summed E-state index contributed by atoms with van der Waals surface area (Å²) in [5.74, 6) is -4.56. The third kappa shape index (κ3) is 1.72. The van der Waals surface area contributed by atoms with Gasteiger partial charge < -0.3 is 5.73 Å². The van der Waals surface area contributed by atoms with Crippen LogP contribution >= 0.6 is 0 Å². The second-order valence-corrected chi connectivity index (χ2v) is 3.12. The van der Waals surface area contributed by atoms with E-state index in [1.807, 2.05) is 0 Å². The molecule has 0 aromatic heterocycles. The van der Waals surface area contributed by atoms with Crippen LogP contribution < -0.4 is 5.73 Å². The summed E-state index contributed by atoms with van der Waals surface area (Å²) in [4.78, 5) is 0. The maximum absolute atomic E-state index is 13.5. The van der Waals surface area contributed by atoms with Crippen LogP contribution in [0.2, 0.25) is 0 Å². The number of hydrogen-bond acceptors (Lipinski definition) is 1. The fraction of sp³-hybridized carbons (Fsp3) is 0.333. The minimum atomic E-state index is -2.20. The molecule has 5 heteroatoms. The van der Waals surface area contributed by atoms with Gasteiger partial charge in [0, 0.05) is 12.1 Å². The van der Waals surface area contributed by atoms with E-state index < -0.39 is 35.2 Å². The summed E-state index contributed by atoms with van der Waals surface area (Å²) >= 11 is 0. The predicted molar refractivity (Wildman–Crippen MR) is 43.8 cm³/mol. The summed E-state index contributed by atoms with van der Waals surface area (Å²) in [5.41, 5.74) is 2.27. The number of alkyl halides is 1. The molecular formula is C9H9F4N. The molecule has 0 aliphatic rings. The SMILES string of the molecule is CC(F)(CN)c1ccc(F)c(F)c1F. The van der Waals surface area contributed by atoms with Gasteiger partial charge in [0.05, 0.1) is 0 Å². The van der Waals surface area contributed by atoms with E-state index in [0.717, 1.165) is 13.0 Å². The molecule has 0 heterocycles. The molecule has 0 saturated carbocycles. The van der Waals surface area contributed by atoms with Crippen LogP contribution in [0.3, 0.4) is 0 Å². The molecular weight excluding hydrogens is 198 g/mol. The Bertz CT molecular complexity index is 349. The van der Waals surface area contributed by atoms with Crippen molar-refractivity contribution in [3.8, 4) is 0 Å². The first kappa shape index (κ1) is 11.0. The lowest BCUT2D eigenvalue weighted by atomic mass is 9.97. The molecule has 0 amide bonds. The van der Waals surface area contributed by atoms with Crippen LogP contribution in [0.15, 0.2) is 12.1 Å². The molecule has 78 valence electrons. The van der Waals surface area contributed by atoms with Crippen molar-refractivity contribution in [2.45, 2.75) is 12.6 Å². The zero-order chi connectivity index (χ0) is 10.9. The average Bonchev–Trinajstić information content (AvgIpc) is 2.14. The van der Waals surface area contributed by atoms with E-state index >= 15 is 0 Å². The molecule has 1 aromatic rings. The summed E-state index contributed by atoms with van der Waals surface area (Å²) in [5, 5.41) is 0. The molecule has 0 saturated heterocycles. The maximum atomic E-state index is 13.5. The summed E-state index contributed by atoms with van der Waals surface area (Å²) in [6.07, 6.45) is 0. The van der Waals surface area contributed by atoms with Gasteiger partial charge in [0.15, 0.2) is 17.5 Å². The summed E-state index contributed by atoms with van der Waals surface area (Å²) < 4.78 is 51.7. The van der Waals surface area contributed by atoms with Crippen LogP contribution in [0.1, 0.15) is 12.5 Å². The molecule has 2 N–H and O–H groups in total. The molecule has 0 spiro atoms. The lowest BCUT2D eigenvalue weighted by Crippen LogP contribution is -2.28. The third-order valence-corrected chi connectivity index (χ3v) is 1.98. The number of rotatable bonds is 2. The fourth-order valence-electron chi connectivity index (χ4n) is 1.04. The van der Waals surface area contributed by atoms with Crippen LogP contribution in [0.5, 0.6) is 0 Å². The van der Waals surface area contributed by atoms with Crippen LogP contribution in [0.25, 0.3) is 0 Å². The van der Waals surface area contributed by atoms with Gasteiger partial charge in [-0.1, -0.05) is 0 Å². The van der Waals surface area contributed by atoms with Gasteiger partial charge in [0.1, 0.15) is 5.67 Å². The highest BCUT2D eigenvalue weighted by molar-refractivity contribution is 5.26. The van der Waals surface area contributed by atoms with Crippen LogP contribution in [0, 0.1) is 17.5 Å². The van der Waals surface area contributed by atoms with Gasteiger partial charge in [-0.15, -0.1) is 0 Å². The van der Waals surface area contributed by atoms with Crippen molar-refractivity contribution in [2.75, 3.05) is 6.54 Å². The van der Waals surface area contributed by atoms with Crippen LogP contribution in [0.4, 0.5) is 17.6 Å². The van der Waals surface area contributed by atoms with Crippen molar-refractivity contribution >= 4 is 0 Å². The Morgan fingerprint density at radius 2 is 1.79 bits per heavy atom. The van der Waals surface area contributed by atoms with Gasteiger partial charge in [-0.05, 0) is 19.1 Å². The first-order chi connectivity index (χ1) is 6.40. The minimum Gasteiger partial charge on any atom is -0.327 e. The lowest BCUT2D eigenvalue weighted by molar-refractivity contribution is 0.193. The first-order valence-corrected chi connectivity index (χ1v) is 3.93. The Morgan fingerprint density at radius 3 is 2.29 bits per heavy atom. The van der Waals surface area contributed by atoms with E-state index in [-0.39, 0.29) is 0 Å². The summed E-state index contributed by atoms with van der Waals surface area (Å²) in [7, 11) is 0. The van der Waals surface area contributed by atoms with Crippen molar-refractivity contribution in [3.63, 3.8) is 0 Å². The number of halogens is 4. The Balaban J connectivity index is 3.31. The number of hydrogen-bond donors (Lipinski definition) is 1. The van der Waals surface area contributed by atoms with Gasteiger partial charge in [-0.3, -0.25) is 0 Å². The molecule has 0 aliphatic heterocycles. The zero-order valence-electron chi connectivity index (χ0n) is 7.45. The van der Waals surface area contributed by atoms with Crippen molar-refractivity contribution in [1.29, 1.82) is 0 Å². The number of benzene rings is 1. The molecule has 1 rings (SSSR count). The van der Waals surface area contributed by atoms with E-state index in [0.29, 0.717) is 6.07 Å². The van der Waals surface area contributed by atoms with Crippen LogP contribution in [-0.4, -0.2) is 6.54 Å². The molecule has 0 fully saturated rings. The zero-order valence-corrected chi connectivity index (χ0v) is 7.45. The number of nitrogens with two attached hydrogens (primary N) is 1. The predicted octanol–water partition coefficient (Wildman–Crippen LogP) is 2.25. The van der Waals surface area contributed by atoms with E-state index in [2.05, 4.69) is 0 Å². The van der Waals surface area contributed by atoms with E-state index in [1.165, 1.54) is 0 Å². The molecule has 1 unspecified atom stereocenters. The second-order valence-electron chi connectivity index (χ2n) is 3.12. The van der Waals surface area contributed by atoms with Crippen molar-refractivity contribution in [1.82, 2.24) is 0 Å². The van der Waals surface area contributed by atoms with E-state index in [1.54, 1.807) is 0 Å². The summed E-state index contributed by atoms with van der Waals surface area (Å²) in [6, 6.07) is 1.52. The van der Waals surface area contributed by atoms with E-state index in [4.69, 9.17) is 5.73 Å². The molecule has 14 heavy (non-hydrogen) atoms. The third-order valence-electron chi connectivity index (χ3n) is 1.98. The van der Waals surface area contributed by atoms with Crippen molar-refractivity contribution in [2.24, 2.45) is 5.73 Å². The minimum absolute atomic E-state index is 0.505. The van der Waals surface area contributed by atoms with Gasteiger partial charge in [0.25, 0.3) is 0 Å². The van der Waals surface area contributed by atoms with Crippen LogP contribution in [-0.2, 0) is 5.67 Å². The van der Waals surface area contributed by atoms with Gasteiger partial charge in [0.2, 0.25) is 0 Å². The normalized spacial score (nSPS) is 15.3. The Hall–Kier alpha value is -1.10. The molecule has 0 aliphatic carbocycles. The van der Waals surface area contributed by atoms with Gasteiger partial charge in [-0.2, -0.15) is 0 Å². The van der Waals surface area contributed by atoms with Gasteiger partial charge in [-0.25, -0.2) is 17.6 Å². The molecule has 1 aromatic carbocycles. The smallest absolute Gasteiger partial charge is 0.194 e. The molecule has 0 radical (unpaired) electrons. The maximum Gasteiger partial charge on any atom is 0.194 e. The van der Waals surface area contributed by atoms with Crippen molar-refractivity contribution < 1.29 is 17.6 Å². The fourth-order valence-corrected chi connectivity index (χ4v) is 1.04. The molecule has 1 nitrogen and oxygen atoms in total. The largest absolute Gasteiger partial charge is 0.327 e. The first-order valence-electron chi connectivity index (χ1n) is 3.93. The average molecular weight is 207 g/mol. The van der Waals surface area contributed by atoms with Gasteiger partial charge >= 0.3 is 0 Å². The molecule has 1 atom stereocenters. The Morgan fingerprint density at radius 1 is 1.21 bits per heavy atom. The quantitative estimate of drug-likeness (QED) is 0.584. The highest BCUT2D eigenvalue weighted by Crippen LogP contribution is 2.28.